The Labute approximate surface area is 102 Å². The summed E-state index contributed by atoms with van der Waals surface area (Å²) in [6.45, 7) is 5.48. The number of terminal acetylenes is 1. The van der Waals surface area contributed by atoms with Crippen LogP contribution in [0.1, 0.15) is 44.0 Å². The molecular formula is C13H17N3O. The van der Waals surface area contributed by atoms with Crippen LogP contribution < -0.4 is 10.5 Å². The van der Waals surface area contributed by atoms with Crippen molar-refractivity contribution in [2.24, 2.45) is 0 Å². The number of rotatable bonds is 3. The molecule has 0 saturated heterocycles. The van der Waals surface area contributed by atoms with E-state index in [1.54, 1.807) is 0 Å². The molecule has 0 radical (unpaired) electrons. The quantitative estimate of drug-likeness (QED) is 0.809. The van der Waals surface area contributed by atoms with E-state index in [1.165, 1.54) is 0 Å². The van der Waals surface area contributed by atoms with Crippen LogP contribution in [0, 0.1) is 19.3 Å². The minimum atomic E-state index is -0.688. The van der Waals surface area contributed by atoms with Crippen LogP contribution in [-0.2, 0) is 0 Å². The lowest BCUT2D eigenvalue weighted by molar-refractivity contribution is 0.162. The first-order valence-corrected chi connectivity index (χ1v) is 5.74. The fourth-order valence-corrected chi connectivity index (χ4v) is 1.42. The van der Waals surface area contributed by atoms with Crippen molar-refractivity contribution in [1.82, 2.24) is 9.97 Å². The molecule has 0 unspecified atom stereocenters. The number of nitrogens with two attached hydrogens (primary N) is 1. The summed E-state index contributed by atoms with van der Waals surface area (Å²) >= 11 is 0. The highest BCUT2D eigenvalue weighted by molar-refractivity contribution is 5.45. The zero-order valence-corrected chi connectivity index (χ0v) is 10.4. The first-order valence-electron chi connectivity index (χ1n) is 5.74. The fraction of sp³-hybridized carbons (Fsp3) is 0.538. The van der Waals surface area contributed by atoms with Crippen molar-refractivity contribution >= 4 is 5.82 Å². The smallest absolute Gasteiger partial charge is 0.223 e. The van der Waals surface area contributed by atoms with E-state index < -0.39 is 5.60 Å². The number of aromatic nitrogens is 2. The molecule has 0 spiro atoms. The molecule has 1 saturated carbocycles. The van der Waals surface area contributed by atoms with Crippen LogP contribution in [0.25, 0.3) is 0 Å². The Hall–Kier alpha value is -1.76. The number of anilines is 1. The summed E-state index contributed by atoms with van der Waals surface area (Å²) < 4.78 is 5.71. The summed E-state index contributed by atoms with van der Waals surface area (Å²) in [5, 5.41) is 0. The molecule has 2 rings (SSSR count). The monoisotopic (exact) mass is 231 g/mol. The summed E-state index contributed by atoms with van der Waals surface area (Å²) in [4.78, 5) is 8.71. The minimum Gasteiger partial charge on any atom is -0.458 e. The second-order valence-corrected chi connectivity index (χ2v) is 4.93. The van der Waals surface area contributed by atoms with Crippen molar-refractivity contribution in [3.8, 4) is 18.2 Å². The van der Waals surface area contributed by atoms with E-state index in [1.807, 2.05) is 20.8 Å². The summed E-state index contributed by atoms with van der Waals surface area (Å²) in [5.41, 5.74) is 5.92. The average molecular weight is 231 g/mol. The minimum absolute atomic E-state index is 0.439. The van der Waals surface area contributed by atoms with E-state index in [9.17, 15) is 0 Å². The van der Waals surface area contributed by atoms with Gasteiger partial charge in [0.2, 0.25) is 5.88 Å². The Morgan fingerprint density at radius 2 is 2.06 bits per heavy atom. The highest BCUT2D eigenvalue weighted by Gasteiger charge is 2.29. The van der Waals surface area contributed by atoms with Gasteiger partial charge in [-0.2, -0.15) is 4.98 Å². The molecule has 2 N–H and O–H groups in total. The van der Waals surface area contributed by atoms with Crippen molar-refractivity contribution in [2.45, 2.75) is 45.1 Å². The highest BCUT2D eigenvalue weighted by Crippen LogP contribution is 2.39. The van der Waals surface area contributed by atoms with Gasteiger partial charge < -0.3 is 10.5 Å². The van der Waals surface area contributed by atoms with Gasteiger partial charge >= 0.3 is 0 Å². The Morgan fingerprint density at radius 1 is 1.41 bits per heavy atom. The van der Waals surface area contributed by atoms with Crippen molar-refractivity contribution in [3.63, 3.8) is 0 Å². The number of hydrogen-bond acceptors (Lipinski definition) is 4. The zero-order chi connectivity index (χ0) is 12.6. The van der Waals surface area contributed by atoms with Crippen LogP contribution in [0.15, 0.2) is 0 Å². The van der Waals surface area contributed by atoms with Crippen LogP contribution in [-0.4, -0.2) is 15.6 Å². The molecule has 0 aliphatic heterocycles. The van der Waals surface area contributed by atoms with Crippen LogP contribution >= 0.6 is 0 Å². The standard InChI is InChI=1S/C13H17N3O/c1-5-13(3,4)17-12-8(2)10(14)15-11(16-12)9-6-7-9/h1,9H,6-7H2,2-4H3,(H2,14,15,16). The van der Waals surface area contributed by atoms with Crippen LogP contribution in [0.2, 0.25) is 0 Å². The van der Waals surface area contributed by atoms with Gasteiger partial charge in [0, 0.05) is 5.92 Å². The van der Waals surface area contributed by atoms with Gasteiger partial charge in [-0.3, -0.25) is 0 Å². The van der Waals surface area contributed by atoms with E-state index in [0.717, 1.165) is 24.2 Å². The van der Waals surface area contributed by atoms with Crippen molar-refractivity contribution < 1.29 is 4.74 Å². The topological polar surface area (TPSA) is 61.0 Å². The molecule has 1 aromatic rings. The Kier molecular flexibility index (Phi) is 2.70. The average Bonchev–Trinajstić information content (AvgIpc) is 3.08. The first-order chi connectivity index (χ1) is 7.93. The molecule has 1 heterocycles. The fourth-order valence-electron chi connectivity index (χ4n) is 1.42. The normalized spacial score (nSPS) is 15.4. The summed E-state index contributed by atoms with van der Waals surface area (Å²) in [5.74, 6) is 4.77. The molecule has 1 aliphatic carbocycles. The Morgan fingerprint density at radius 3 is 2.59 bits per heavy atom. The van der Waals surface area contributed by atoms with Crippen LogP contribution in [0.5, 0.6) is 5.88 Å². The van der Waals surface area contributed by atoms with Gasteiger partial charge in [0.05, 0.1) is 5.56 Å². The molecule has 1 aliphatic rings. The maximum atomic E-state index is 5.86. The molecule has 0 amide bonds. The lowest BCUT2D eigenvalue weighted by Crippen LogP contribution is -2.27. The molecule has 0 aromatic carbocycles. The summed E-state index contributed by atoms with van der Waals surface area (Å²) in [7, 11) is 0. The predicted octanol–water partition coefficient (Wildman–Crippen LogP) is 2.04. The second-order valence-electron chi connectivity index (χ2n) is 4.93. The van der Waals surface area contributed by atoms with Crippen LogP contribution in [0.4, 0.5) is 5.82 Å². The van der Waals surface area contributed by atoms with E-state index in [2.05, 4.69) is 15.9 Å². The maximum absolute atomic E-state index is 5.86. The van der Waals surface area contributed by atoms with Gasteiger partial charge in [-0.25, -0.2) is 4.98 Å². The Bertz CT molecular complexity index is 484. The van der Waals surface area contributed by atoms with E-state index in [0.29, 0.717) is 17.6 Å². The highest BCUT2D eigenvalue weighted by atomic mass is 16.5. The van der Waals surface area contributed by atoms with E-state index >= 15 is 0 Å². The molecule has 1 fully saturated rings. The lowest BCUT2D eigenvalue weighted by atomic mass is 10.1. The van der Waals surface area contributed by atoms with Gasteiger partial charge in [-0.1, -0.05) is 5.92 Å². The molecule has 1 aromatic heterocycles. The van der Waals surface area contributed by atoms with E-state index in [4.69, 9.17) is 16.9 Å². The molecule has 0 bridgehead atoms. The lowest BCUT2D eigenvalue weighted by Gasteiger charge is -2.21. The van der Waals surface area contributed by atoms with Crippen molar-refractivity contribution in [3.05, 3.63) is 11.4 Å². The molecule has 0 atom stereocenters. The molecule has 17 heavy (non-hydrogen) atoms. The van der Waals surface area contributed by atoms with Crippen LogP contribution in [0.3, 0.4) is 0 Å². The predicted molar refractivity (Wildman–Crippen MR) is 66.7 cm³/mol. The molecule has 4 heteroatoms. The SMILES string of the molecule is C#CC(C)(C)Oc1nc(C2CC2)nc(N)c1C. The van der Waals surface area contributed by atoms with Gasteiger partial charge in [-0.15, -0.1) is 6.42 Å². The van der Waals surface area contributed by atoms with Gasteiger partial charge in [0.15, 0.2) is 5.60 Å². The third kappa shape index (κ3) is 2.50. The first kappa shape index (κ1) is 11.7. The summed E-state index contributed by atoms with van der Waals surface area (Å²) in [6.07, 6.45) is 7.65. The Balaban J connectivity index is 2.35. The number of ether oxygens (including phenoxy) is 1. The zero-order valence-electron chi connectivity index (χ0n) is 10.4. The van der Waals surface area contributed by atoms with Crippen molar-refractivity contribution in [1.29, 1.82) is 0 Å². The largest absolute Gasteiger partial charge is 0.458 e. The van der Waals surface area contributed by atoms with Gasteiger partial charge in [0.25, 0.3) is 0 Å². The third-order valence-electron chi connectivity index (χ3n) is 2.80. The summed E-state index contributed by atoms with van der Waals surface area (Å²) in [6, 6.07) is 0. The van der Waals surface area contributed by atoms with Gasteiger partial charge in [-0.05, 0) is 33.6 Å². The number of nitrogen functional groups attached to an aromatic ring is 1. The maximum Gasteiger partial charge on any atom is 0.223 e. The number of hydrogen-bond donors (Lipinski definition) is 1. The number of nitrogens with zero attached hydrogens (tertiary/aromatic N) is 2. The van der Waals surface area contributed by atoms with E-state index in [-0.39, 0.29) is 0 Å². The third-order valence-corrected chi connectivity index (χ3v) is 2.80. The second kappa shape index (κ2) is 3.92. The molecule has 4 nitrogen and oxygen atoms in total. The molecule has 90 valence electrons. The van der Waals surface area contributed by atoms with Gasteiger partial charge in [0.1, 0.15) is 11.6 Å². The molecular weight excluding hydrogens is 214 g/mol. The van der Waals surface area contributed by atoms with Crippen molar-refractivity contribution in [2.75, 3.05) is 5.73 Å².